The van der Waals surface area contributed by atoms with E-state index in [1.807, 2.05) is 34.9 Å². The van der Waals surface area contributed by atoms with Crippen molar-refractivity contribution in [2.24, 2.45) is 0 Å². The van der Waals surface area contributed by atoms with Crippen LogP contribution in [0.3, 0.4) is 0 Å². The maximum atomic E-state index is 13.7. The lowest BCUT2D eigenvalue weighted by molar-refractivity contribution is -0.142. The Morgan fingerprint density at radius 1 is 0.870 bits per heavy atom. The number of nitrogens with zero attached hydrogens (tertiary/aromatic N) is 5. The fraction of sp³-hybridized carbons (Fsp3) is 0.235. The molecule has 5 aromatic rings. The molecule has 2 aromatic heterocycles. The molecule has 2 atom stereocenters. The van der Waals surface area contributed by atoms with Gasteiger partial charge in [0.25, 0.3) is 5.91 Å². The highest BCUT2D eigenvalue weighted by atomic mass is 16.6. The van der Waals surface area contributed by atoms with Crippen molar-refractivity contribution in [2.75, 3.05) is 31.7 Å². The van der Waals surface area contributed by atoms with E-state index in [2.05, 4.69) is 44.5 Å². The zero-order valence-electron chi connectivity index (χ0n) is 24.7. The predicted molar refractivity (Wildman–Crippen MR) is 167 cm³/mol. The molecular formula is C34H30N6O6. The molecule has 1 saturated heterocycles. The SMILES string of the molecule is O=C(O)COC[C@@H]1C[C@@H](n2cnc3ncnc(NC(=O)c4ccccc4)c32)CN1C(=O)OCC1c2ccccc2-c2ccccc21. The molecule has 1 fully saturated rings. The van der Waals surface area contributed by atoms with Gasteiger partial charge in [0.1, 0.15) is 25.1 Å². The van der Waals surface area contributed by atoms with Gasteiger partial charge in [0.15, 0.2) is 11.5 Å². The summed E-state index contributed by atoms with van der Waals surface area (Å²) in [5.74, 6) is -1.25. The van der Waals surface area contributed by atoms with Crippen LogP contribution >= 0.6 is 0 Å². The normalized spacial score (nSPS) is 17.1. The van der Waals surface area contributed by atoms with E-state index in [-0.39, 0.29) is 43.4 Å². The van der Waals surface area contributed by atoms with Crippen molar-refractivity contribution in [3.63, 3.8) is 0 Å². The molecule has 12 nitrogen and oxygen atoms in total. The third kappa shape index (κ3) is 5.54. The molecule has 3 aromatic carbocycles. The quantitative estimate of drug-likeness (QED) is 0.239. The molecule has 2 amide bonds. The standard InChI is InChI=1S/C34H30N6O6/c41-29(42)18-45-16-23-14-22(40-20-37-31-30(40)32(36-19-35-31)38-33(43)21-8-2-1-3-9-21)15-39(23)34(44)46-17-28-26-12-6-4-10-24(26)25-11-5-7-13-27(25)28/h1-13,19-20,22-23,28H,14-18H2,(H,41,42)(H,35,36,38,43)/t22-,23+/m1/s1. The summed E-state index contributed by atoms with van der Waals surface area (Å²) in [7, 11) is 0. The van der Waals surface area contributed by atoms with Crippen molar-refractivity contribution < 1.29 is 29.0 Å². The number of nitrogens with one attached hydrogen (secondary N) is 1. The van der Waals surface area contributed by atoms with Crippen LogP contribution in [0.25, 0.3) is 22.3 Å². The van der Waals surface area contributed by atoms with Crippen LogP contribution in [0, 0.1) is 0 Å². The van der Waals surface area contributed by atoms with Crippen LogP contribution < -0.4 is 5.32 Å². The molecular weight excluding hydrogens is 588 g/mol. The smallest absolute Gasteiger partial charge is 0.410 e. The Labute approximate surface area is 263 Å². The van der Waals surface area contributed by atoms with Crippen LogP contribution in [0.2, 0.25) is 0 Å². The number of ether oxygens (including phenoxy) is 2. The Bertz CT molecular complexity index is 1880. The Hall–Kier alpha value is -5.62. The molecule has 232 valence electrons. The van der Waals surface area contributed by atoms with E-state index < -0.39 is 24.7 Å². The number of aromatic nitrogens is 4. The first-order valence-corrected chi connectivity index (χ1v) is 14.9. The molecule has 0 saturated carbocycles. The second kappa shape index (κ2) is 12.4. The number of likely N-dealkylation sites (tertiary alicyclic amines) is 1. The van der Waals surface area contributed by atoms with Gasteiger partial charge in [-0.15, -0.1) is 0 Å². The van der Waals surface area contributed by atoms with Gasteiger partial charge in [-0.25, -0.2) is 24.5 Å². The molecule has 0 radical (unpaired) electrons. The van der Waals surface area contributed by atoms with Gasteiger partial charge in [-0.1, -0.05) is 66.7 Å². The van der Waals surface area contributed by atoms with Crippen molar-refractivity contribution >= 4 is 35.0 Å². The summed E-state index contributed by atoms with van der Waals surface area (Å²) in [5, 5.41) is 12.0. The number of carboxylic acids is 1. The van der Waals surface area contributed by atoms with Crippen molar-refractivity contribution in [1.82, 2.24) is 24.4 Å². The summed E-state index contributed by atoms with van der Waals surface area (Å²) >= 11 is 0. The summed E-state index contributed by atoms with van der Waals surface area (Å²) in [6.07, 6.45) is 2.85. The Morgan fingerprint density at radius 2 is 1.57 bits per heavy atom. The van der Waals surface area contributed by atoms with Crippen LogP contribution in [-0.2, 0) is 14.3 Å². The van der Waals surface area contributed by atoms with Gasteiger partial charge in [-0.3, -0.25) is 4.79 Å². The number of carboxylic acid groups (broad SMARTS) is 1. The number of imidazole rings is 1. The van der Waals surface area contributed by atoms with Gasteiger partial charge in [0.05, 0.1) is 25.0 Å². The summed E-state index contributed by atoms with van der Waals surface area (Å²) in [6, 6.07) is 24.2. The molecule has 1 aliphatic carbocycles. The van der Waals surface area contributed by atoms with E-state index in [0.717, 1.165) is 22.3 Å². The average molecular weight is 619 g/mol. The molecule has 0 bridgehead atoms. The Kier molecular flexibility index (Phi) is 7.85. The highest BCUT2D eigenvalue weighted by Crippen LogP contribution is 2.44. The second-order valence-electron chi connectivity index (χ2n) is 11.3. The number of carbonyl (C=O) groups excluding carboxylic acids is 2. The third-order valence-electron chi connectivity index (χ3n) is 8.53. The number of benzene rings is 3. The van der Waals surface area contributed by atoms with E-state index in [0.29, 0.717) is 23.1 Å². The third-order valence-corrected chi connectivity index (χ3v) is 8.53. The highest BCUT2D eigenvalue weighted by Gasteiger charge is 2.39. The van der Waals surface area contributed by atoms with Crippen molar-refractivity contribution in [3.05, 3.63) is 108 Å². The summed E-state index contributed by atoms with van der Waals surface area (Å²) < 4.78 is 13.3. The maximum Gasteiger partial charge on any atom is 0.410 e. The zero-order chi connectivity index (χ0) is 31.6. The number of aliphatic carboxylic acids is 1. The van der Waals surface area contributed by atoms with Gasteiger partial charge in [-0.2, -0.15) is 0 Å². The van der Waals surface area contributed by atoms with Crippen LogP contribution in [0.5, 0.6) is 0 Å². The fourth-order valence-electron chi connectivity index (χ4n) is 6.45. The minimum absolute atomic E-state index is 0.00766. The number of rotatable bonds is 9. The monoisotopic (exact) mass is 618 g/mol. The number of anilines is 1. The average Bonchev–Trinajstić information content (AvgIpc) is 3.78. The molecule has 46 heavy (non-hydrogen) atoms. The van der Waals surface area contributed by atoms with Gasteiger partial charge in [0, 0.05) is 18.0 Å². The lowest BCUT2D eigenvalue weighted by Crippen LogP contribution is -2.39. The number of carbonyl (C=O) groups is 3. The molecule has 2 N–H and O–H groups in total. The van der Waals surface area contributed by atoms with E-state index >= 15 is 0 Å². The van der Waals surface area contributed by atoms with Gasteiger partial charge >= 0.3 is 12.1 Å². The lowest BCUT2D eigenvalue weighted by Gasteiger charge is -2.24. The fourth-order valence-corrected chi connectivity index (χ4v) is 6.45. The number of hydrogen-bond acceptors (Lipinski definition) is 8. The second-order valence-corrected chi connectivity index (χ2v) is 11.3. The molecule has 7 rings (SSSR count). The Morgan fingerprint density at radius 3 is 2.28 bits per heavy atom. The van der Waals surface area contributed by atoms with E-state index in [1.54, 1.807) is 35.5 Å². The lowest BCUT2D eigenvalue weighted by atomic mass is 9.98. The minimum Gasteiger partial charge on any atom is -0.480 e. The molecule has 1 aliphatic heterocycles. The maximum absolute atomic E-state index is 13.7. The van der Waals surface area contributed by atoms with E-state index in [1.165, 1.54) is 6.33 Å². The summed E-state index contributed by atoms with van der Waals surface area (Å²) in [5.41, 5.74) is 5.83. The van der Waals surface area contributed by atoms with Crippen LogP contribution in [-0.4, -0.2) is 79.9 Å². The first-order chi connectivity index (χ1) is 22.5. The molecule has 12 heteroatoms. The molecule has 0 unspecified atom stereocenters. The first-order valence-electron chi connectivity index (χ1n) is 14.9. The van der Waals surface area contributed by atoms with E-state index in [9.17, 15) is 14.4 Å². The number of hydrogen-bond donors (Lipinski definition) is 2. The number of fused-ring (bicyclic) bond motifs is 4. The minimum atomic E-state index is -1.10. The van der Waals surface area contributed by atoms with Gasteiger partial charge < -0.3 is 29.4 Å². The van der Waals surface area contributed by atoms with Crippen molar-refractivity contribution in [2.45, 2.75) is 24.4 Å². The molecule has 2 aliphatic rings. The van der Waals surface area contributed by atoms with Crippen LogP contribution in [0.4, 0.5) is 10.6 Å². The highest BCUT2D eigenvalue weighted by molar-refractivity contribution is 6.06. The molecule has 0 spiro atoms. The topological polar surface area (TPSA) is 149 Å². The summed E-state index contributed by atoms with van der Waals surface area (Å²) in [4.78, 5) is 52.5. The largest absolute Gasteiger partial charge is 0.480 e. The van der Waals surface area contributed by atoms with E-state index in [4.69, 9.17) is 14.6 Å². The summed E-state index contributed by atoms with van der Waals surface area (Å²) in [6.45, 7) is -0.0939. The predicted octanol–water partition coefficient (Wildman–Crippen LogP) is 4.74. The van der Waals surface area contributed by atoms with Gasteiger partial charge in [-0.05, 0) is 40.8 Å². The number of amides is 2. The van der Waals surface area contributed by atoms with Crippen LogP contribution in [0.15, 0.2) is 91.5 Å². The van der Waals surface area contributed by atoms with Crippen molar-refractivity contribution in [1.29, 1.82) is 0 Å². The molecule has 3 heterocycles. The zero-order valence-corrected chi connectivity index (χ0v) is 24.7. The van der Waals surface area contributed by atoms with Crippen LogP contribution in [0.1, 0.15) is 39.9 Å². The first kappa shape index (κ1) is 29.1. The Balaban J connectivity index is 1.13. The van der Waals surface area contributed by atoms with Gasteiger partial charge in [0.2, 0.25) is 0 Å². The van der Waals surface area contributed by atoms with Crippen molar-refractivity contribution in [3.8, 4) is 11.1 Å².